The third kappa shape index (κ3) is 4.30. The zero-order chi connectivity index (χ0) is 11.3. The number of methoxy groups -OCH3 is 1. The highest BCUT2D eigenvalue weighted by atomic mass is 16.5. The van der Waals surface area contributed by atoms with Crippen LogP contribution in [0.25, 0.3) is 0 Å². The smallest absolute Gasteiger partial charge is 0.126 e. The Hall–Kier alpha value is -1.09. The molecule has 0 radical (unpaired) electrons. The first-order valence-corrected chi connectivity index (χ1v) is 5.19. The summed E-state index contributed by atoms with van der Waals surface area (Å²) in [7, 11) is 1.73. The maximum atomic E-state index is 5.16. The number of nitrogens with one attached hydrogen (secondary N) is 1. The highest BCUT2D eigenvalue weighted by Crippen LogP contribution is 2.16. The van der Waals surface area contributed by atoms with Gasteiger partial charge in [0.15, 0.2) is 0 Å². The molecule has 0 unspecified atom stereocenters. The fraction of sp³-hybridized carbons (Fsp3) is 0.583. The van der Waals surface area contributed by atoms with E-state index in [2.05, 4.69) is 31.1 Å². The van der Waals surface area contributed by atoms with Gasteiger partial charge in [0.25, 0.3) is 0 Å². The molecule has 0 atom stereocenters. The quantitative estimate of drug-likeness (QED) is 0.807. The van der Waals surface area contributed by atoms with Crippen molar-refractivity contribution >= 4 is 5.82 Å². The van der Waals surface area contributed by atoms with Crippen molar-refractivity contribution in [2.75, 3.05) is 25.6 Å². The molecular formula is C12H20N2O. The Morgan fingerprint density at radius 1 is 1.47 bits per heavy atom. The molecule has 1 rings (SSSR count). The zero-order valence-corrected chi connectivity index (χ0v) is 10.0. The van der Waals surface area contributed by atoms with Gasteiger partial charge in [0.05, 0.1) is 6.61 Å². The lowest BCUT2D eigenvalue weighted by Gasteiger charge is -2.24. The molecule has 0 aliphatic heterocycles. The molecule has 0 amide bonds. The summed E-state index contributed by atoms with van der Waals surface area (Å²) >= 11 is 0. The van der Waals surface area contributed by atoms with Gasteiger partial charge in [-0.05, 0) is 24.6 Å². The third-order valence-corrected chi connectivity index (χ3v) is 2.20. The standard InChI is InChI=1S/C12H20N2O/c1-10-5-6-13-11(7-10)14-8-12(2,3)9-15-4/h5-7H,8-9H2,1-4H3,(H,13,14). The molecule has 1 heterocycles. The Kier molecular flexibility index (Phi) is 4.09. The summed E-state index contributed by atoms with van der Waals surface area (Å²) in [6, 6.07) is 4.04. The van der Waals surface area contributed by atoms with Crippen molar-refractivity contribution in [3.8, 4) is 0 Å². The van der Waals surface area contributed by atoms with Crippen LogP contribution >= 0.6 is 0 Å². The molecular weight excluding hydrogens is 188 g/mol. The minimum absolute atomic E-state index is 0.125. The fourth-order valence-corrected chi connectivity index (χ4v) is 1.40. The van der Waals surface area contributed by atoms with Crippen LogP contribution in [0, 0.1) is 12.3 Å². The first-order valence-electron chi connectivity index (χ1n) is 5.19. The maximum Gasteiger partial charge on any atom is 0.126 e. The third-order valence-electron chi connectivity index (χ3n) is 2.20. The predicted octanol–water partition coefficient (Wildman–Crippen LogP) is 2.47. The van der Waals surface area contributed by atoms with Gasteiger partial charge in [-0.25, -0.2) is 4.98 Å². The van der Waals surface area contributed by atoms with Gasteiger partial charge in [-0.1, -0.05) is 13.8 Å². The molecule has 0 aliphatic rings. The molecule has 0 saturated carbocycles. The van der Waals surface area contributed by atoms with Crippen molar-refractivity contribution in [2.45, 2.75) is 20.8 Å². The van der Waals surface area contributed by atoms with Gasteiger partial charge in [-0.2, -0.15) is 0 Å². The molecule has 1 aromatic heterocycles. The van der Waals surface area contributed by atoms with E-state index in [1.54, 1.807) is 7.11 Å². The van der Waals surface area contributed by atoms with Gasteiger partial charge >= 0.3 is 0 Å². The molecule has 3 nitrogen and oxygen atoms in total. The number of aryl methyl sites for hydroxylation is 1. The van der Waals surface area contributed by atoms with Crippen molar-refractivity contribution in [1.82, 2.24) is 4.98 Å². The van der Waals surface area contributed by atoms with Crippen LogP contribution in [-0.4, -0.2) is 25.2 Å². The Bertz CT molecular complexity index is 310. The van der Waals surface area contributed by atoms with Crippen LogP contribution in [0.3, 0.4) is 0 Å². The van der Waals surface area contributed by atoms with Crippen molar-refractivity contribution in [2.24, 2.45) is 5.41 Å². The van der Waals surface area contributed by atoms with Gasteiger partial charge in [-0.15, -0.1) is 0 Å². The SMILES string of the molecule is COCC(C)(C)CNc1cc(C)ccn1. The number of anilines is 1. The van der Waals surface area contributed by atoms with Gasteiger partial charge in [0.2, 0.25) is 0 Å². The molecule has 1 aromatic rings. The predicted molar refractivity (Wildman–Crippen MR) is 63.1 cm³/mol. The molecule has 15 heavy (non-hydrogen) atoms. The number of rotatable bonds is 5. The molecule has 0 saturated heterocycles. The second-order valence-electron chi connectivity index (χ2n) is 4.67. The zero-order valence-electron chi connectivity index (χ0n) is 10.0. The number of aromatic nitrogens is 1. The Morgan fingerprint density at radius 2 is 2.20 bits per heavy atom. The van der Waals surface area contributed by atoms with Gasteiger partial charge < -0.3 is 10.1 Å². The Balaban J connectivity index is 2.49. The highest BCUT2D eigenvalue weighted by molar-refractivity contribution is 5.37. The molecule has 0 aromatic carbocycles. The van der Waals surface area contributed by atoms with Crippen molar-refractivity contribution in [1.29, 1.82) is 0 Å². The van der Waals surface area contributed by atoms with E-state index < -0.39 is 0 Å². The van der Waals surface area contributed by atoms with Crippen LogP contribution < -0.4 is 5.32 Å². The first kappa shape index (κ1) is 12.0. The second-order valence-corrected chi connectivity index (χ2v) is 4.67. The van der Waals surface area contributed by atoms with E-state index in [1.165, 1.54) is 5.56 Å². The van der Waals surface area contributed by atoms with Crippen molar-refractivity contribution in [3.05, 3.63) is 23.9 Å². The highest BCUT2D eigenvalue weighted by Gasteiger charge is 2.17. The van der Waals surface area contributed by atoms with Gasteiger partial charge in [0.1, 0.15) is 5.82 Å². The van der Waals surface area contributed by atoms with Gasteiger partial charge in [0, 0.05) is 25.3 Å². The average Bonchev–Trinajstić information content (AvgIpc) is 2.15. The summed E-state index contributed by atoms with van der Waals surface area (Å²) in [5, 5.41) is 3.32. The number of pyridine rings is 1. The van der Waals surface area contributed by atoms with E-state index in [4.69, 9.17) is 4.74 Å². The van der Waals surface area contributed by atoms with E-state index in [0.717, 1.165) is 19.0 Å². The number of nitrogens with zero attached hydrogens (tertiary/aromatic N) is 1. The Labute approximate surface area is 91.9 Å². The molecule has 3 heteroatoms. The van der Waals surface area contributed by atoms with Crippen molar-refractivity contribution in [3.63, 3.8) is 0 Å². The second kappa shape index (κ2) is 5.12. The summed E-state index contributed by atoms with van der Waals surface area (Å²) in [6.07, 6.45) is 1.82. The number of hydrogen-bond donors (Lipinski definition) is 1. The topological polar surface area (TPSA) is 34.1 Å². The van der Waals surface area contributed by atoms with Gasteiger partial charge in [-0.3, -0.25) is 0 Å². The Morgan fingerprint density at radius 3 is 2.80 bits per heavy atom. The van der Waals surface area contributed by atoms with E-state index in [0.29, 0.717) is 0 Å². The van der Waals surface area contributed by atoms with Crippen LogP contribution in [0.4, 0.5) is 5.82 Å². The lowest BCUT2D eigenvalue weighted by atomic mass is 9.95. The van der Waals surface area contributed by atoms with E-state index in [1.807, 2.05) is 18.3 Å². The van der Waals surface area contributed by atoms with E-state index >= 15 is 0 Å². The molecule has 0 spiro atoms. The lowest BCUT2D eigenvalue weighted by Crippen LogP contribution is -2.28. The van der Waals surface area contributed by atoms with Crippen LogP contribution in [-0.2, 0) is 4.74 Å². The normalized spacial score (nSPS) is 11.5. The van der Waals surface area contributed by atoms with Crippen LogP contribution in [0.2, 0.25) is 0 Å². The maximum absolute atomic E-state index is 5.16. The van der Waals surface area contributed by atoms with Crippen LogP contribution in [0.15, 0.2) is 18.3 Å². The molecule has 0 bridgehead atoms. The molecule has 84 valence electrons. The summed E-state index contributed by atoms with van der Waals surface area (Å²) in [5.74, 6) is 0.930. The number of ether oxygens (including phenoxy) is 1. The number of hydrogen-bond acceptors (Lipinski definition) is 3. The minimum atomic E-state index is 0.125. The molecule has 0 fully saturated rings. The molecule has 1 N–H and O–H groups in total. The summed E-state index contributed by atoms with van der Waals surface area (Å²) in [5.41, 5.74) is 1.34. The summed E-state index contributed by atoms with van der Waals surface area (Å²) < 4.78 is 5.16. The first-order chi connectivity index (χ1) is 7.03. The minimum Gasteiger partial charge on any atom is -0.384 e. The lowest BCUT2D eigenvalue weighted by molar-refractivity contribution is 0.112. The van der Waals surface area contributed by atoms with Crippen LogP contribution in [0.1, 0.15) is 19.4 Å². The monoisotopic (exact) mass is 208 g/mol. The average molecular weight is 208 g/mol. The van der Waals surface area contributed by atoms with E-state index in [9.17, 15) is 0 Å². The summed E-state index contributed by atoms with van der Waals surface area (Å²) in [6.45, 7) is 7.99. The van der Waals surface area contributed by atoms with Crippen molar-refractivity contribution < 1.29 is 4.74 Å². The fourth-order valence-electron chi connectivity index (χ4n) is 1.40. The molecule has 0 aliphatic carbocycles. The largest absolute Gasteiger partial charge is 0.384 e. The van der Waals surface area contributed by atoms with Crippen LogP contribution in [0.5, 0.6) is 0 Å². The summed E-state index contributed by atoms with van der Waals surface area (Å²) in [4.78, 5) is 4.25. The van der Waals surface area contributed by atoms with E-state index in [-0.39, 0.29) is 5.41 Å².